The van der Waals surface area contributed by atoms with E-state index in [1.54, 1.807) is 6.07 Å². The molecule has 0 spiro atoms. The van der Waals surface area contributed by atoms with Crippen LogP contribution in [-0.2, 0) is 0 Å². The number of nitrogens with one attached hydrogen (secondary N) is 1. The Morgan fingerprint density at radius 2 is 2.24 bits per heavy atom. The van der Waals surface area contributed by atoms with Crippen LogP contribution in [0.3, 0.4) is 0 Å². The molecule has 94 valence electrons. The summed E-state index contributed by atoms with van der Waals surface area (Å²) in [4.78, 5) is 11.7. The summed E-state index contributed by atoms with van der Waals surface area (Å²) in [6.45, 7) is 2.49. The molecule has 0 aliphatic heterocycles. The molecule has 1 atom stereocenters. The van der Waals surface area contributed by atoms with E-state index in [0.29, 0.717) is 17.4 Å². The van der Waals surface area contributed by atoms with Gasteiger partial charge in [0.2, 0.25) is 0 Å². The Bertz CT molecular complexity index is 378. The number of aliphatic hydroxyl groups excluding tert-OH is 1. The summed E-state index contributed by atoms with van der Waals surface area (Å²) in [5.41, 5.74) is 0.285. The molecule has 1 unspecified atom stereocenters. The molecule has 5 heteroatoms. The smallest absolute Gasteiger partial charge is 0.251 e. The zero-order valence-corrected chi connectivity index (χ0v) is 11.1. The topological polar surface area (TPSA) is 49.3 Å². The van der Waals surface area contributed by atoms with Gasteiger partial charge in [-0.2, -0.15) is 0 Å². The molecular weight excluding hydrogens is 289 g/mol. The van der Waals surface area contributed by atoms with Gasteiger partial charge in [-0.3, -0.25) is 4.79 Å². The average molecular weight is 304 g/mol. The van der Waals surface area contributed by atoms with Crippen LogP contribution in [0.15, 0.2) is 22.7 Å². The normalized spacial score (nSPS) is 12.2. The van der Waals surface area contributed by atoms with Crippen molar-refractivity contribution in [1.82, 2.24) is 5.32 Å². The van der Waals surface area contributed by atoms with Crippen LogP contribution in [0.4, 0.5) is 4.39 Å². The number of hydrogen-bond acceptors (Lipinski definition) is 2. The lowest BCUT2D eigenvalue weighted by molar-refractivity contribution is 0.0945. The molecule has 1 aromatic carbocycles. The van der Waals surface area contributed by atoms with E-state index in [1.807, 2.05) is 6.92 Å². The summed E-state index contributed by atoms with van der Waals surface area (Å²) in [5, 5.41) is 11.4. The van der Waals surface area contributed by atoms with E-state index in [9.17, 15) is 9.18 Å². The first kappa shape index (κ1) is 14.1. The van der Waals surface area contributed by atoms with Crippen LogP contribution < -0.4 is 5.32 Å². The highest BCUT2D eigenvalue weighted by atomic mass is 79.9. The van der Waals surface area contributed by atoms with Gasteiger partial charge in [0, 0.05) is 23.2 Å². The molecule has 17 heavy (non-hydrogen) atoms. The van der Waals surface area contributed by atoms with Crippen molar-refractivity contribution >= 4 is 21.8 Å². The van der Waals surface area contributed by atoms with Crippen LogP contribution in [0.25, 0.3) is 0 Å². The second-order valence-corrected chi connectivity index (χ2v) is 4.90. The molecule has 0 bridgehead atoms. The Labute approximate surface area is 108 Å². The largest absolute Gasteiger partial charge is 0.396 e. The maximum Gasteiger partial charge on any atom is 0.251 e. The summed E-state index contributed by atoms with van der Waals surface area (Å²) >= 11 is 3.13. The van der Waals surface area contributed by atoms with Crippen LogP contribution >= 0.6 is 15.9 Å². The van der Waals surface area contributed by atoms with Gasteiger partial charge in [-0.05, 0) is 30.5 Å². The minimum absolute atomic E-state index is 0.0998. The molecule has 0 radical (unpaired) electrons. The molecule has 1 amide bonds. The molecule has 0 saturated carbocycles. The highest BCUT2D eigenvalue weighted by molar-refractivity contribution is 9.10. The summed E-state index contributed by atoms with van der Waals surface area (Å²) in [5.74, 6) is -0.566. The Kier molecular flexibility index (Phi) is 5.58. The molecule has 0 aromatic heterocycles. The van der Waals surface area contributed by atoms with Gasteiger partial charge in [-0.25, -0.2) is 4.39 Å². The van der Waals surface area contributed by atoms with E-state index < -0.39 is 5.82 Å². The Hall–Kier alpha value is -0.940. The average Bonchev–Trinajstić information content (AvgIpc) is 2.25. The summed E-state index contributed by atoms with van der Waals surface area (Å²) in [6.07, 6.45) is 0.632. The molecular formula is C12H15BrFNO2. The molecule has 0 aliphatic carbocycles. The minimum Gasteiger partial charge on any atom is -0.396 e. The highest BCUT2D eigenvalue weighted by Gasteiger charge is 2.09. The first-order valence-corrected chi connectivity index (χ1v) is 6.17. The van der Waals surface area contributed by atoms with Crippen LogP contribution in [0.1, 0.15) is 23.7 Å². The van der Waals surface area contributed by atoms with Gasteiger partial charge in [0.05, 0.1) is 0 Å². The monoisotopic (exact) mass is 303 g/mol. The van der Waals surface area contributed by atoms with Crippen molar-refractivity contribution in [1.29, 1.82) is 0 Å². The third-order valence-corrected chi connectivity index (χ3v) is 2.82. The van der Waals surface area contributed by atoms with E-state index in [1.165, 1.54) is 12.1 Å². The van der Waals surface area contributed by atoms with Crippen molar-refractivity contribution in [2.45, 2.75) is 13.3 Å². The predicted octanol–water partition coefficient (Wildman–Crippen LogP) is 2.34. The minimum atomic E-state index is -0.451. The van der Waals surface area contributed by atoms with Crippen molar-refractivity contribution < 1.29 is 14.3 Å². The van der Waals surface area contributed by atoms with Gasteiger partial charge in [0.25, 0.3) is 5.91 Å². The second-order valence-electron chi connectivity index (χ2n) is 3.99. The fourth-order valence-corrected chi connectivity index (χ4v) is 1.84. The van der Waals surface area contributed by atoms with E-state index in [-0.39, 0.29) is 24.0 Å². The van der Waals surface area contributed by atoms with Gasteiger partial charge in [-0.15, -0.1) is 0 Å². The number of halogens is 2. The van der Waals surface area contributed by atoms with Gasteiger partial charge >= 0.3 is 0 Å². The van der Waals surface area contributed by atoms with Crippen molar-refractivity contribution in [3.8, 4) is 0 Å². The number of rotatable bonds is 5. The maximum atomic E-state index is 13.1. The van der Waals surface area contributed by atoms with Crippen molar-refractivity contribution in [3.05, 3.63) is 34.1 Å². The van der Waals surface area contributed by atoms with Gasteiger partial charge < -0.3 is 10.4 Å². The fourth-order valence-electron chi connectivity index (χ4n) is 1.38. The lowest BCUT2D eigenvalue weighted by atomic mass is 10.1. The van der Waals surface area contributed by atoms with E-state index >= 15 is 0 Å². The molecule has 3 nitrogen and oxygen atoms in total. The molecule has 1 rings (SSSR count). The molecule has 2 N–H and O–H groups in total. The predicted molar refractivity (Wildman–Crippen MR) is 67.3 cm³/mol. The summed E-state index contributed by atoms with van der Waals surface area (Å²) in [7, 11) is 0. The second kappa shape index (κ2) is 6.71. The summed E-state index contributed by atoms with van der Waals surface area (Å²) < 4.78 is 13.6. The maximum absolute atomic E-state index is 13.1. The van der Waals surface area contributed by atoms with Crippen LogP contribution in [0.5, 0.6) is 0 Å². The number of aliphatic hydroxyl groups is 1. The Morgan fingerprint density at radius 3 is 2.82 bits per heavy atom. The summed E-state index contributed by atoms with van der Waals surface area (Å²) in [6, 6.07) is 4.05. The first-order chi connectivity index (χ1) is 8.02. The molecule has 1 aromatic rings. The third kappa shape index (κ3) is 4.83. The van der Waals surface area contributed by atoms with Gasteiger partial charge in [-0.1, -0.05) is 22.9 Å². The number of benzene rings is 1. The zero-order chi connectivity index (χ0) is 12.8. The molecule has 0 aliphatic rings. The number of carbonyl (C=O) groups is 1. The van der Waals surface area contributed by atoms with Crippen molar-refractivity contribution in [2.75, 3.05) is 13.2 Å². The highest BCUT2D eigenvalue weighted by Crippen LogP contribution is 2.14. The lowest BCUT2D eigenvalue weighted by Crippen LogP contribution is -2.28. The van der Waals surface area contributed by atoms with Crippen LogP contribution in [0.2, 0.25) is 0 Å². The van der Waals surface area contributed by atoms with Crippen molar-refractivity contribution in [3.63, 3.8) is 0 Å². The quantitative estimate of drug-likeness (QED) is 0.877. The lowest BCUT2D eigenvalue weighted by Gasteiger charge is -2.11. The SMILES string of the molecule is CC(CCO)CNC(=O)c1cc(F)cc(Br)c1. The number of amides is 1. The standard InChI is InChI=1S/C12H15BrFNO2/c1-8(2-3-16)7-15-12(17)9-4-10(13)6-11(14)5-9/h4-6,8,16H,2-3,7H2,1H3,(H,15,17). The molecule has 0 saturated heterocycles. The Morgan fingerprint density at radius 1 is 1.53 bits per heavy atom. The molecule has 0 heterocycles. The van der Waals surface area contributed by atoms with Crippen LogP contribution in [0, 0.1) is 11.7 Å². The third-order valence-electron chi connectivity index (χ3n) is 2.36. The first-order valence-electron chi connectivity index (χ1n) is 5.38. The Balaban J connectivity index is 2.58. The van der Waals surface area contributed by atoms with E-state index in [0.717, 1.165) is 0 Å². The van der Waals surface area contributed by atoms with Gasteiger partial charge in [0.1, 0.15) is 5.82 Å². The van der Waals surface area contributed by atoms with Crippen LogP contribution in [-0.4, -0.2) is 24.2 Å². The fraction of sp³-hybridized carbons (Fsp3) is 0.417. The zero-order valence-electron chi connectivity index (χ0n) is 9.54. The van der Waals surface area contributed by atoms with E-state index in [4.69, 9.17) is 5.11 Å². The number of hydrogen-bond donors (Lipinski definition) is 2. The molecule has 0 fully saturated rings. The van der Waals surface area contributed by atoms with Crippen molar-refractivity contribution in [2.24, 2.45) is 5.92 Å². The number of carbonyl (C=O) groups excluding carboxylic acids is 1. The van der Waals surface area contributed by atoms with E-state index in [2.05, 4.69) is 21.2 Å². The van der Waals surface area contributed by atoms with Gasteiger partial charge in [0.15, 0.2) is 0 Å².